The van der Waals surface area contributed by atoms with Crippen molar-refractivity contribution in [1.82, 2.24) is 14.9 Å². The predicted octanol–water partition coefficient (Wildman–Crippen LogP) is 4.58. The van der Waals surface area contributed by atoms with E-state index in [2.05, 4.69) is 55.0 Å². The van der Waals surface area contributed by atoms with Crippen LogP contribution in [0.4, 0.5) is 11.4 Å². The quantitative estimate of drug-likeness (QED) is 0.354. The van der Waals surface area contributed by atoms with Crippen molar-refractivity contribution in [1.29, 1.82) is 0 Å². The van der Waals surface area contributed by atoms with Crippen molar-refractivity contribution in [2.75, 3.05) is 36.1 Å². The molecule has 192 valence electrons. The third-order valence-corrected chi connectivity index (χ3v) is 7.39. The summed E-state index contributed by atoms with van der Waals surface area (Å²) >= 11 is 5.90. The Kier molecular flexibility index (Phi) is 6.53. The highest BCUT2D eigenvalue weighted by atomic mass is 32.1. The van der Waals surface area contributed by atoms with Crippen LogP contribution < -0.4 is 15.1 Å². The minimum Gasteiger partial charge on any atom is -0.478 e. The lowest BCUT2D eigenvalue weighted by molar-refractivity contribution is 0.0697. The minimum absolute atomic E-state index is 0.186. The number of carboxylic acid groups (broad SMARTS) is 1. The zero-order chi connectivity index (χ0) is 26.1. The first-order valence-corrected chi connectivity index (χ1v) is 13.0. The van der Waals surface area contributed by atoms with E-state index in [0.717, 1.165) is 54.8 Å². The second-order valence-corrected chi connectivity index (χ2v) is 9.65. The summed E-state index contributed by atoms with van der Waals surface area (Å²) in [6, 6.07) is 25.0. The molecule has 38 heavy (non-hydrogen) atoms. The van der Waals surface area contributed by atoms with Crippen molar-refractivity contribution in [3.05, 3.63) is 108 Å². The molecule has 0 unspecified atom stereocenters. The zero-order valence-corrected chi connectivity index (χ0v) is 21.4. The largest absolute Gasteiger partial charge is 0.478 e. The molecule has 0 amide bonds. The average Bonchev–Trinajstić information content (AvgIpc) is 3.58. The second-order valence-electron chi connectivity index (χ2n) is 9.27. The number of benzene rings is 2. The molecule has 2 aliphatic heterocycles. The molecule has 9 heteroatoms. The van der Waals surface area contributed by atoms with Gasteiger partial charge in [-0.3, -0.25) is 4.98 Å². The van der Waals surface area contributed by atoms with Gasteiger partial charge in [-0.25, -0.2) is 4.79 Å². The third kappa shape index (κ3) is 4.51. The van der Waals surface area contributed by atoms with Crippen LogP contribution in [0.1, 0.15) is 33.8 Å². The Morgan fingerprint density at radius 2 is 1.63 bits per heavy atom. The fraction of sp³-hybridized carbons (Fsp3) is 0.207. The first-order valence-electron chi connectivity index (χ1n) is 12.5. The van der Waals surface area contributed by atoms with E-state index in [1.165, 1.54) is 0 Å². The van der Waals surface area contributed by atoms with Crippen molar-refractivity contribution in [3.8, 4) is 5.69 Å². The molecule has 0 bridgehead atoms. The van der Waals surface area contributed by atoms with Crippen molar-refractivity contribution >= 4 is 34.7 Å². The Morgan fingerprint density at radius 3 is 2.32 bits per heavy atom. The number of nitrogens with zero attached hydrogens (tertiary/aromatic N) is 4. The number of morpholine rings is 1. The number of hydrogen-bond acceptors (Lipinski definition) is 5. The van der Waals surface area contributed by atoms with Crippen molar-refractivity contribution in [2.24, 2.45) is 0 Å². The lowest BCUT2D eigenvalue weighted by atomic mass is 10.0. The van der Waals surface area contributed by atoms with Gasteiger partial charge in [0.1, 0.15) is 6.04 Å². The van der Waals surface area contributed by atoms with Crippen LogP contribution >= 0.6 is 12.2 Å². The summed E-state index contributed by atoms with van der Waals surface area (Å²) < 4.78 is 7.58. The number of aromatic carboxylic acids is 1. The van der Waals surface area contributed by atoms with E-state index in [0.29, 0.717) is 5.11 Å². The van der Waals surface area contributed by atoms with Gasteiger partial charge in [0, 0.05) is 48.2 Å². The first-order chi connectivity index (χ1) is 18.6. The van der Waals surface area contributed by atoms with Gasteiger partial charge in [-0.15, -0.1) is 0 Å². The second kappa shape index (κ2) is 10.3. The van der Waals surface area contributed by atoms with Gasteiger partial charge in [-0.2, -0.15) is 0 Å². The van der Waals surface area contributed by atoms with Gasteiger partial charge in [-0.1, -0.05) is 6.07 Å². The topological polar surface area (TPSA) is 82.9 Å². The van der Waals surface area contributed by atoms with Crippen LogP contribution in [0.2, 0.25) is 0 Å². The van der Waals surface area contributed by atoms with Crippen LogP contribution in [0.15, 0.2) is 91.3 Å². The Bertz CT molecular complexity index is 1430. The zero-order valence-electron chi connectivity index (χ0n) is 20.6. The molecule has 2 atom stereocenters. The molecule has 2 N–H and O–H groups in total. The minimum atomic E-state index is -0.948. The molecule has 2 aliphatic rings. The van der Waals surface area contributed by atoms with Crippen molar-refractivity contribution < 1.29 is 14.6 Å². The van der Waals surface area contributed by atoms with Crippen LogP contribution in [0.5, 0.6) is 0 Å². The Balaban J connectivity index is 1.40. The van der Waals surface area contributed by atoms with Crippen LogP contribution in [-0.4, -0.2) is 52.0 Å². The average molecular weight is 526 g/mol. The number of nitrogens with one attached hydrogen (secondary N) is 1. The smallest absolute Gasteiger partial charge is 0.335 e. The van der Waals surface area contributed by atoms with Gasteiger partial charge >= 0.3 is 5.97 Å². The number of aromatic nitrogens is 2. The molecule has 0 saturated carbocycles. The molecule has 2 saturated heterocycles. The number of hydrogen-bond donors (Lipinski definition) is 2. The maximum absolute atomic E-state index is 11.4. The molecule has 0 aliphatic carbocycles. The van der Waals surface area contributed by atoms with Gasteiger partial charge in [-0.05, 0) is 85.0 Å². The third-order valence-electron chi connectivity index (χ3n) is 7.08. The molecule has 4 aromatic rings. The molecule has 4 heterocycles. The molecule has 0 spiro atoms. The molecule has 2 aromatic heterocycles. The van der Waals surface area contributed by atoms with E-state index >= 15 is 0 Å². The van der Waals surface area contributed by atoms with E-state index in [1.807, 2.05) is 42.6 Å². The van der Waals surface area contributed by atoms with E-state index in [-0.39, 0.29) is 17.6 Å². The van der Waals surface area contributed by atoms with Gasteiger partial charge in [0.15, 0.2) is 5.11 Å². The number of carbonyl (C=O) groups is 1. The number of anilines is 2. The summed E-state index contributed by atoms with van der Waals surface area (Å²) in [4.78, 5) is 20.5. The summed E-state index contributed by atoms with van der Waals surface area (Å²) in [5, 5.41) is 13.5. The van der Waals surface area contributed by atoms with Crippen LogP contribution in [0.3, 0.4) is 0 Å². The molecule has 0 radical (unpaired) electrons. The monoisotopic (exact) mass is 525 g/mol. The lowest BCUT2D eigenvalue weighted by Gasteiger charge is -2.31. The summed E-state index contributed by atoms with van der Waals surface area (Å²) in [6.45, 7) is 3.23. The first kappa shape index (κ1) is 24.1. The maximum atomic E-state index is 11.4. The summed E-state index contributed by atoms with van der Waals surface area (Å²) in [5.74, 6) is -0.948. The highest BCUT2D eigenvalue weighted by Gasteiger charge is 2.42. The number of carboxylic acids is 1. The van der Waals surface area contributed by atoms with E-state index in [9.17, 15) is 9.90 Å². The molecule has 2 aromatic carbocycles. The number of thiocarbonyl (C=S) groups is 1. The fourth-order valence-corrected chi connectivity index (χ4v) is 5.56. The predicted molar refractivity (Wildman–Crippen MR) is 150 cm³/mol. The Labute approximate surface area is 226 Å². The highest BCUT2D eigenvalue weighted by molar-refractivity contribution is 7.80. The standard InChI is InChI=1S/C29H27N5O3S/c35-28(36)20-6-8-22(9-7-20)33-15-3-5-25(33)27-26(24-4-1-2-14-30-24)31-29(38)34(27)23-12-10-21(11-13-23)32-16-18-37-19-17-32/h1-15,26-27H,16-19H2,(H,31,38)(H,35,36)/t26-,27-/m0/s1. The maximum Gasteiger partial charge on any atom is 0.335 e. The summed E-state index contributed by atoms with van der Waals surface area (Å²) in [5.41, 5.74) is 5.16. The molecular weight excluding hydrogens is 498 g/mol. The van der Waals surface area contributed by atoms with Gasteiger partial charge in [0.2, 0.25) is 0 Å². The van der Waals surface area contributed by atoms with Crippen LogP contribution in [0.25, 0.3) is 5.69 Å². The number of rotatable bonds is 6. The SMILES string of the molecule is O=C(O)c1ccc(-n2cccc2[C@H]2[C@H](c3ccccn3)NC(=S)N2c2ccc(N3CCOCC3)cc2)cc1. The van der Waals surface area contributed by atoms with Crippen molar-refractivity contribution in [2.45, 2.75) is 12.1 Å². The Morgan fingerprint density at radius 1 is 0.921 bits per heavy atom. The molecule has 2 fully saturated rings. The number of ether oxygens (including phenoxy) is 1. The van der Waals surface area contributed by atoms with E-state index < -0.39 is 5.97 Å². The Hall–Kier alpha value is -4.21. The fourth-order valence-electron chi connectivity index (χ4n) is 5.21. The lowest BCUT2D eigenvalue weighted by Crippen LogP contribution is -2.36. The highest BCUT2D eigenvalue weighted by Crippen LogP contribution is 2.42. The van der Waals surface area contributed by atoms with Crippen LogP contribution in [0, 0.1) is 0 Å². The normalized spacial score (nSPS) is 19.4. The van der Waals surface area contributed by atoms with Gasteiger partial charge < -0.3 is 29.5 Å². The van der Waals surface area contributed by atoms with Crippen LogP contribution in [-0.2, 0) is 4.74 Å². The molecular formula is C29H27N5O3S. The molecule has 8 nitrogen and oxygen atoms in total. The van der Waals surface area contributed by atoms with E-state index in [4.69, 9.17) is 17.0 Å². The summed E-state index contributed by atoms with van der Waals surface area (Å²) in [6.07, 6.45) is 3.78. The van der Waals surface area contributed by atoms with Gasteiger partial charge in [0.05, 0.1) is 30.5 Å². The molecule has 6 rings (SSSR count). The van der Waals surface area contributed by atoms with Gasteiger partial charge in [0.25, 0.3) is 0 Å². The summed E-state index contributed by atoms with van der Waals surface area (Å²) in [7, 11) is 0. The van der Waals surface area contributed by atoms with Crippen molar-refractivity contribution in [3.63, 3.8) is 0 Å². The number of pyridine rings is 1. The van der Waals surface area contributed by atoms with E-state index in [1.54, 1.807) is 18.3 Å².